The molecule has 0 bridgehead atoms. The van der Waals surface area contributed by atoms with E-state index in [9.17, 15) is 4.79 Å². The van der Waals surface area contributed by atoms with Crippen LogP contribution in [0.1, 0.15) is 84.0 Å². The lowest BCUT2D eigenvalue weighted by atomic mass is 9.73. The molecule has 0 aliphatic heterocycles. The fraction of sp³-hybridized carbons (Fsp3) is 0.938. The molecule has 2 heteroatoms. The first-order valence-corrected chi connectivity index (χ1v) is 7.95. The number of carboxylic acid groups (broad SMARTS) is 1. The van der Waals surface area contributed by atoms with Crippen molar-refractivity contribution >= 4 is 5.97 Å². The second-order valence-electron chi connectivity index (χ2n) is 5.94. The zero-order valence-corrected chi connectivity index (χ0v) is 12.0. The van der Waals surface area contributed by atoms with Crippen LogP contribution in [0.15, 0.2) is 0 Å². The topological polar surface area (TPSA) is 37.3 Å². The highest BCUT2D eigenvalue weighted by atomic mass is 16.4. The van der Waals surface area contributed by atoms with Crippen molar-refractivity contribution in [2.45, 2.75) is 84.0 Å². The van der Waals surface area contributed by atoms with Crippen LogP contribution in [0.2, 0.25) is 0 Å². The lowest BCUT2D eigenvalue weighted by Gasteiger charge is -2.32. The van der Waals surface area contributed by atoms with Crippen LogP contribution in [0.4, 0.5) is 0 Å². The fourth-order valence-corrected chi connectivity index (χ4v) is 3.43. The van der Waals surface area contributed by atoms with Gasteiger partial charge in [0.05, 0.1) is 0 Å². The Hall–Kier alpha value is -0.530. The van der Waals surface area contributed by atoms with Crippen molar-refractivity contribution < 1.29 is 9.90 Å². The third-order valence-corrected chi connectivity index (χ3v) is 4.43. The Bertz CT molecular complexity index is 197. The van der Waals surface area contributed by atoms with E-state index in [1.165, 1.54) is 38.5 Å². The predicted octanol–water partition coefficient (Wildman–Crippen LogP) is 5.02. The minimum Gasteiger partial charge on any atom is -0.481 e. The molecule has 0 unspecified atom stereocenters. The van der Waals surface area contributed by atoms with E-state index in [0.717, 1.165) is 18.3 Å². The molecule has 0 saturated heterocycles. The van der Waals surface area contributed by atoms with Crippen LogP contribution in [-0.2, 0) is 4.79 Å². The normalized spacial score (nSPS) is 22.1. The SMILES string of the molecule is C1CCC(C2CCCCC2)CC1.CCCC(=O)O. The van der Waals surface area contributed by atoms with E-state index in [0.29, 0.717) is 6.42 Å². The Morgan fingerprint density at radius 2 is 1.28 bits per heavy atom. The smallest absolute Gasteiger partial charge is 0.303 e. The van der Waals surface area contributed by atoms with Gasteiger partial charge in [0.25, 0.3) is 0 Å². The van der Waals surface area contributed by atoms with Gasteiger partial charge in [-0.2, -0.15) is 0 Å². The van der Waals surface area contributed by atoms with Gasteiger partial charge in [0.1, 0.15) is 0 Å². The van der Waals surface area contributed by atoms with Crippen molar-refractivity contribution in [3.8, 4) is 0 Å². The summed E-state index contributed by atoms with van der Waals surface area (Å²) in [6, 6.07) is 0. The van der Waals surface area contributed by atoms with E-state index in [1.807, 2.05) is 6.92 Å². The molecule has 1 N–H and O–H groups in total. The highest BCUT2D eigenvalue weighted by Gasteiger charge is 2.24. The first kappa shape index (κ1) is 15.5. The van der Waals surface area contributed by atoms with Gasteiger partial charge < -0.3 is 5.11 Å². The van der Waals surface area contributed by atoms with Crippen molar-refractivity contribution in [3.05, 3.63) is 0 Å². The van der Waals surface area contributed by atoms with E-state index in [1.54, 1.807) is 25.7 Å². The van der Waals surface area contributed by atoms with Crippen LogP contribution in [0.25, 0.3) is 0 Å². The molecule has 0 amide bonds. The van der Waals surface area contributed by atoms with E-state index >= 15 is 0 Å². The van der Waals surface area contributed by atoms with Crippen LogP contribution in [0.3, 0.4) is 0 Å². The minimum absolute atomic E-state index is 0.292. The third kappa shape index (κ3) is 6.42. The maximum Gasteiger partial charge on any atom is 0.303 e. The zero-order chi connectivity index (χ0) is 13.2. The van der Waals surface area contributed by atoms with Gasteiger partial charge in [-0.1, -0.05) is 71.1 Å². The monoisotopic (exact) mass is 254 g/mol. The maximum absolute atomic E-state index is 9.60. The van der Waals surface area contributed by atoms with E-state index in [-0.39, 0.29) is 0 Å². The predicted molar refractivity (Wildman–Crippen MR) is 75.7 cm³/mol. The quantitative estimate of drug-likeness (QED) is 0.768. The number of carbonyl (C=O) groups is 1. The first-order valence-electron chi connectivity index (χ1n) is 7.95. The van der Waals surface area contributed by atoms with Gasteiger partial charge in [-0.15, -0.1) is 0 Å². The van der Waals surface area contributed by atoms with E-state index < -0.39 is 5.97 Å². The molecule has 2 saturated carbocycles. The van der Waals surface area contributed by atoms with Gasteiger partial charge in [-0.3, -0.25) is 4.79 Å². The molecular weight excluding hydrogens is 224 g/mol. The average Bonchev–Trinajstić information content (AvgIpc) is 2.41. The van der Waals surface area contributed by atoms with Gasteiger partial charge in [0.15, 0.2) is 0 Å². The minimum atomic E-state index is -0.711. The molecule has 0 aromatic carbocycles. The largest absolute Gasteiger partial charge is 0.481 e. The maximum atomic E-state index is 9.60. The number of hydrogen-bond donors (Lipinski definition) is 1. The van der Waals surface area contributed by atoms with Crippen LogP contribution in [0.5, 0.6) is 0 Å². The summed E-state index contributed by atoms with van der Waals surface area (Å²) in [5, 5.41) is 7.91. The van der Waals surface area contributed by atoms with Gasteiger partial charge in [-0.05, 0) is 18.3 Å². The number of aliphatic carboxylic acids is 1. The summed E-state index contributed by atoms with van der Waals surface area (Å²) in [5.41, 5.74) is 0. The summed E-state index contributed by atoms with van der Waals surface area (Å²) >= 11 is 0. The molecule has 2 aliphatic carbocycles. The molecule has 0 spiro atoms. The molecule has 2 aliphatic rings. The standard InChI is InChI=1S/C12H22.C4H8O2/c1-3-7-11(8-4-1)12-9-5-2-6-10-12;1-2-3-4(5)6/h11-12H,1-10H2;2-3H2,1H3,(H,5,6). The molecular formula is C16H30O2. The number of carboxylic acids is 1. The van der Waals surface area contributed by atoms with E-state index in [4.69, 9.17) is 5.11 Å². The fourth-order valence-electron chi connectivity index (χ4n) is 3.43. The van der Waals surface area contributed by atoms with Gasteiger partial charge in [-0.25, -0.2) is 0 Å². The van der Waals surface area contributed by atoms with Crippen molar-refractivity contribution in [3.63, 3.8) is 0 Å². The molecule has 2 fully saturated rings. The second-order valence-corrected chi connectivity index (χ2v) is 5.94. The zero-order valence-electron chi connectivity index (χ0n) is 12.0. The summed E-state index contributed by atoms with van der Waals surface area (Å²) in [4.78, 5) is 9.60. The summed E-state index contributed by atoms with van der Waals surface area (Å²) in [5.74, 6) is 1.57. The Labute approximate surface area is 112 Å². The first-order chi connectivity index (χ1) is 8.74. The Balaban J connectivity index is 0.000000232. The number of hydrogen-bond acceptors (Lipinski definition) is 1. The lowest BCUT2D eigenvalue weighted by molar-refractivity contribution is -0.137. The highest BCUT2D eigenvalue weighted by molar-refractivity contribution is 5.66. The molecule has 18 heavy (non-hydrogen) atoms. The van der Waals surface area contributed by atoms with Crippen LogP contribution in [-0.4, -0.2) is 11.1 Å². The Kier molecular flexibility index (Phi) is 8.11. The molecule has 106 valence electrons. The second kappa shape index (κ2) is 9.41. The third-order valence-electron chi connectivity index (χ3n) is 4.43. The van der Waals surface area contributed by atoms with Crippen LogP contribution < -0.4 is 0 Å². The highest BCUT2D eigenvalue weighted by Crippen LogP contribution is 2.37. The van der Waals surface area contributed by atoms with Gasteiger partial charge in [0.2, 0.25) is 0 Å². The Morgan fingerprint density at radius 3 is 1.50 bits per heavy atom. The summed E-state index contributed by atoms with van der Waals surface area (Å²) in [6.45, 7) is 1.84. The van der Waals surface area contributed by atoms with Gasteiger partial charge in [0, 0.05) is 6.42 Å². The molecule has 0 aromatic heterocycles. The van der Waals surface area contributed by atoms with E-state index in [2.05, 4.69) is 0 Å². The van der Waals surface area contributed by atoms with Gasteiger partial charge >= 0.3 is 5.97 Å². The molecule has 2 rings (SSSR count). The molecule has 0 heterocycles. The van der Waals surface area contributed by atoms with Crippen molar-refractivity contribution in [2.24, 2.45) is 11.8 Å². The molecule has 0 atom stereocenters. The van der Waals surface area contributed by atoms with Crippen LogP contribution in [0, 0.1) is 11.8 Å². The summed E-state index contributed by atoms with van der Waals surface area (Å²) in [6.07, 6.45) is 16.4. The van der Waals surface area contributed by atoms with Crippen molar-refractivity contribution in [1.82, 2.24) is 0 Å². The molecule has 2 nitrogen and oxygen atoms in total. The number of rotatable bonds is 3. The van der Waals surface area contributed by atoms with Crippen molar-refractivity contribution in [1.29, 1.82) is 0 Å². The molecule has 0 radical (unpaired) electrons. The van der Waals surface area contributed by atoms with Crippen LogP contribution >= 0.6 is 0 Å². The van der Waals surface area contributed by atoms with Crippen molar-refractivity contribution in [2.75, 3.05) is 0 Å². The molecule has 0 aromatic rings. The lowest BCUT2D eigenvalue weighted by Crippen LogP contribution is -2.20. The Morgan fingerprint density at radius 1 is 0.889 bits per heavy atom. The summed E-state index contributed by atoms with van der Waals surface area (Å²) < 4.78 is 0. The average molecular weight is 254 g/mol. The summed E-state index contributed by atoms with van der Waals surface area (Å²) in [7, 11) is 0.